The molecule has 0 aromatic carbocycles. The molecule has 3 N–H and O–H groups in total. The van der Waals surface area contributed by atoms with Gasteiger partial charge < -0.3 is 16.0 Å². The largest absolute Gasteiger partial charge is 0.355 e. The highest BCUT2D eigenvalue weighted by molar-refractivity contribution is 5.81. The average molecular weight is 243 g/mol. The predicted octanol–water partition coefficient (Wildman–Crippen LogP) is 1.21. The smallest absolute Gasteiger partial charge is 0.237 e. The van der Waals surface area contributed by atoms with Gasteiger partial charge in [0.1, 0.15) is 0 Å². The molecule has 0 aliphatic carbocycles. The van der Waals surface area contributed by atoms with Crippen molar-refractivity contribution < 1.29 is 4.79 Å². The van der Waals surface area contributed by atoms with E-state index in [0.29, 0.717) is 0 Å². The Morgan fingerprint density at radius 3 is 2.35 bits per heavy atom. The summed E-state index contributed by atoms with van der Waals surface area (Å²) >= 11 is 0. The first-order chi connectivity index (χ1) is 8.06. The van der Waals surface area contributed by atoms with Crippen LogP contribution in [0.2, 0.25) is 0 Å². The lowest BCUT2D eigenvalue weighted by Crippen LogP contribution is -2.45. The maximum absolute atomic E-state index is 11.7. The number of nitrogens with zero attached hydrogens (tertiary/aromatic N) is 1. The van der Waals surface area contributed by atoms with Gasteiger partial charge in [-0.1, -0.05) is 34.1 Å². The molecule has 0 spiro atoms. The van der Waals surface area contributed by atoms with E-state index in [1.165, 1.54) is 0 Å². The van der Waals surface area contributed by atoms with Crippen molar-refractivity contribution in [1.82, 2.24) is 10.2 Å². The average Bonchev–Trinajstić information content (AvgIpc) is 2.36. The maximum Gasteiger partial charge on any atom is 0.237 e. The zero-order chi connectivity index (χ0) is 13.3. The van der Waals surface area contributed by atoms with E-state index in [4.69, 9.17) is 5.73 Å². The maximum atomic E-state index is 11.7. The van der Waals surface area contributed by atoms with Crippen LogP contribution >= 0.6 is 0 Å². The summed E-state index contributed by atoms with van der Waals surface area (Å²) in [5, 5.41) is 2.91. The molecule has 0 fully saturated rings. The highest BCUT2D eigenvalue weighted by Crippen LogP contribution is 2.04. The van der Waals surface area contributed by atoms with Crippen LogP contribution in [0.1, 0.15) is 40.5 Å². The summed E-state index contributed by atoms with van der Waals surface area (Å²) in [5.41, 5.74) is 5.84. The Morgan fingerprint density at radius 1 is 1.29 bits per heavy atom. The number of carbonyl (C=O) groups is 1. The molecule has 0 saturated heterocycles. The van der Waals surface area contributed by atoms with E-state index in [-0.39, 0.29) is 17.9 Å². The molecule has 0 rings (SSSR count). The molecule has 0 aliphatic heterocycles. The molecule has 4 heteroatoms. The fraction of sp³-hybridized carbons (Fsp3) is 0.923. The van der Waals surface area contributed by atoms with E-state index in [1.807, 2.05) is 6.92 Å². The summed E-state index contributed by atoms with van der Waals surface area (Å²) in [7, 11) is 0. The second-order valence-corrected chi connectivity index (χ2v) is 4.58. The Labute approximate surface area is 106 Å². The normalized spacial score (nSPS) is 14.7. The first kappa shape index (κ1) is 16.4. The number of hydrogen-bond donors (Lipinski definition) is 2. The third-order valence-electron chi connectivity index (χ3n) is 3.40. The minimum Gasteiger partial charge on any atom is -0.355 e. The molecular formula is C13H29N3O. The predicted molar refractivity (Wildman–Crippen MR) is 72.8 cm³/mol. The monoisotopic (exact) mass is 243 g/mol. The fourth-order valence-electron chi connectivity index (χ4n) is 1.68. The summed E-state index contributed by atoms with van der Waals surface area (Å²) in [6.07, 6.45) is 1.93. The van der Waals surface area contributed by atoms with Gasteiger partial charge in [0.05, 0.1) is 6.04 Å². The summed E-state index contributed by atoms with van der Waals surface area (Å²) in [5.74, 6) is 0.233. The van der Waals surface area contributed by atoms with Crippen LogP contribution in [-0.2, 0) is 4.79 Å². The van der Waals surface area contributed by atoms with Gasteiger partial charge in [0.25, 0.3) is 0 Å². The van der Waals surface area contributed by atoms with Gasteiger partial charge in [-0.3, -0.25) is 4.79 Å². The van der Waals surface area contributed by atoms with Gasteiger partial charge in [-0.2, -0.15) is 0 Å². The van der Waals surface area contributed by atoms with Crippen LogP contribution in [-0.4, -0.2) is 43.0 Å². The first-order valence-electron chi connectivity index (χ1n) is 6.82. The van der Waals surface area contributed by atoms with Crippen molar-refractivity contribution in [2.75, 3.05) is 26.2 Å². The van der Waals surface area contributed by atoms with Crippen LogP contribution in [0.5, 0.6) is 0 Å². The molecule has 0 aliphatic rings. The van der Waals surface area contributed by atoms with Gasteiger partial charge in [-0.15, -0.1) is 0 Å². The van der Waals surface area contributed by atoms with Crippen molar-refractivity contribution in [2.45, 2.75) is 46.6 Å². The van der Waals surface area contributed by atoms with Crippen molar-refractivity contribution in [3.05, 3.63) is 0 Å². The topological polar surface area (TPSA) is 58.4 Å². The van der Waals surface area contributed by atoms with Crippen LogP contribution in [0.3, 0.4) is 0 Å². The van der Waals surface area contributed by atoms with E-state index in [1.54, 1.807) is 0 Å². The highest BCUT2D eigenvalue weighted by Gasteiger charge is 2.18. The Hall–Kier alpha value is -0.610. The van der Waals surface area contributed by atoms with E-state index in [0.717, 1.165) is 39.0 Å². The van der Waals surface area contributed by atoms with Gasteiger partial charge >= 0.3 is 0 Å². The third-order valence-corrected chi connectivity index (χ3v) is 3.40. The Morgan fingerprint density at radius 2 is 1.88 bits per heavy atom. The second-order valence-electron chi connectivity index (χ2n) is 4.58. The first-order valence-corrected chi connectivity index (χ1v) is 6.82. The summed E-state index contributed by atoms with van der Waals surface area (Å²) < 4.78 is 0. The molecule has 2 unspecified atom stereocenters. The molecule has 0 radical (unpaired) electrons. The van der Waals surface area contributed by atoms with Gasteiger partial charge in [-0.05, 0) is 32.0 Å². The van der Waals surface area contributed by atoms with E-state index < -0.39 is 0 Å². The molecule has 0 aromatic heterocycles. The Balaban J connectivity index is 3.71. The fourth-order valence-corrected chi connectivity index (χ4v) is 1.68. The molecule has 4 nitrogen and oxygen atoms in total. The van der Waals surface area contributed by atoms with Gasteiger partial charge in [0.2, 0.25) is 5.91 Å². The van der Waals surface area contributed by atoms with E-state index in [2.05, 4.69) is 31.0 Å². The minimum atomic E-state index is -0.367. The number of rotatable bonds is 9. The number of amides is 1. The number of nitrogens with one attached hydrogen (secondary N) is 1. The second kappa shape index (κ2) is 9.42. The van der Waals surface area contributed by atoms with Crippen molar-refractivity contribution in [3.8, 4) is 0 Å². The van der Waals surface area contributed by atoms with Gasteiger partial charge in [-0.25, -0.2) is 0 Å². The number of nitrogens with two attached hydrogens (primary N) is 1. The molecule has 2 atom stereocenters. The molecule has 102 valence electrons. The summed E-state index contributed by atoms with van der Waals surface area (Å²) in [6, 6.07) is -0.367. The van der Waals surface area contributed by atoms with Crippen LogP contribution in [0.25, 0.3) is 0 Å². The molecule has 0 aromatic rings. The SMILES string of the molecule is CCC(C)C(N)C(=O)NCCCN(CC)CC. The molecule has 1 amide bonds. The molecule has 0 bridgehead atoms. The zero-order valence-electron chi connectivity index (χ0n) is 11.8. The lowest BCUT2D eigenvalue weighted by atomic mass is 9.99. The number of carbonyl (C=O) groups excluding carboxylic acids is 1. The van der Waals surface area contributed by atoms with Crippen molar-refractivity contribution >= 4 is 5.91 Å². The van der Waals surface area contributed by atoms with E-state index in [9.17, 15) is 4.79 Å². The molecule has 0 saturated carbocycles. The lowest BCUT2D eigenvalue weighted by molar-refractivity contribution is -0.123. The minimum absolute atomic E-state index is 0.0149. The van der Waals surface area contributed by atoms with Crippen LogP contribution < -0.4 is 11.1 Å². The van der Waals surface area contributed by atoms with Crippen molar-refractivity contribution in [2.24, 2.45) is 11.7 Å². The zero-order valence-corrected chi connectivity index (χ0v) is 11.8. The molecule has 17 heavy (non-hydrogen) atoms. The van der Waals surface area contributed by atoms with Gasteiger partial charge in [0, 0.05) is 6.54 Å². The summed E-state index contributed by atoms with van der Waals surface area (Å²) in [6.45, 7) is 12.3. The van der Waals surface area contributed by atoms with Crippen LogP contribution in [0.4, 0.5) is 0 Å². The number of hydrogen-bond acceptors (Lipinski definition) is 3. The standard InChI is InChI=1S/C13H29N3O/c1-5-11(4)12(14)13(17)15-9-8-10-16(6-2)7-3/h11-12H,5-10,14H2,1-4H3,(H,15,17). The van der Waals surface area contributed by atoms with Gasteiger partial charge in [0.15, 0.2) is 0 Å². The van der Waals surface area contributed by atoms with Crippen molar-refractivity contribution in [3.63, 3.8) is 0 Å². The van der Waals surface area contributed by atoms with Crippen molar-refractivity contribution in [1.29, 1.82) is 0 Å². The molecular weight excluding hydrogens is 214 g/mol. The van der Waals surface area contributed by atoms with Crippen LogP contribution in [0, 0.1) is 5.92 Å². The Bertz CT molecular complexity index is 205. The Kier molecular flexibility index (Phi) is 9.09. The highest BCUT2D eigenvalue weighted by atomic mass is 16.2. The molecule has 0 heterocycles. The van der Waals surface area contributed by atoms with Crippen LogP contribution in [0.15, 0.2) is 0 Å². The lowest BCUT2D eigenvalue weighted by Gasteiger charge is -2.20. The third kappa shape index (κ3) is 6.64. The summed E-state index contributed by atoms with van der Waals surface area (Å²) in [4.78, 5) is 14.0. The van der Waals surface area contributed by atoms with E-state index >= 15 is 0 Å². The quantitative estimate of drug-likeness (QED) is 0.598.